The molecule has 1 aromatic heterocycles. The minimum absolute atomic E-state index is 0.0111. The van der Waals surface area contributed by atoms with Gasteiger partial charge in [-0.1, -0.05) is 5.92 Å². The summed E-state index contributed by atoms with van der Waals surface area (Å²) in [5, 5.41) is 27.7. The van der Waals surface area contributed by atoms with E-state index in [4.69, 9.17) is 0 Å². The normalized spacial score (nSPS) is 11.8. The number of aromatic nitrogens is 2. The van der Waals surface area contributed by atoms with Gasteiger partial charge in [-0.25, -0.2) is 0 Å². The Hall–Kier alpha value is -1.91. The number of nitrogens with one attached hydrogen (secondary N) is 1. The summed E-state index contributed by atoms with van der Waals surface area (Å²) < 4.78 is 1.46. The molecule has 0 spiro atoms. The summed E-state index contributed by atoms with van der Waals surface area (Å²) in [7, 11) is 0. The second-order valence-corrected chi connectivity index (χ2v) is 4.17. The first-order valence-corrected chi connectivity index (χ1v) is 5.94. The van der Waals surface area contributed by atoms with E-state index in [2.05, 4.69) is 22.3 Å². The van der Waals surface area contributed by atoms with E-state index in [0.29, 0.717) is 24.5 Å². The zero-order valence-electron chi connectivity index (χ0n) is 11.3. The first-order valence-electron chi connectivity index (χ1n) is 5.94. The van der Waals surface area contributed by atoms with E-state index in [1.807, 2.05) is 0 Å². The van der Waals surface area contributed by atoms with Crippen molar-refractivity contribution in [1.29, 1.82) is 0 Å². The van der Waals surface area contributed by atoms with Crippen LogP contribution in [0, 0.1) is 35.8 Å². The van der Waals surface area contributed by atoms with Crippen molar-refractivity contribution in [2.75, 3.05) is 13.1 Å². The summed E-state index contributed by atoms with van der Waals surface area (Å²) in [5.74, 6) is 5.56. The smallest absolute Gasteiger partial charge is 0.312 e. The lowest BCUT2D eigenvalue weighted by atomic mass is 10.3. The number of aryl methyl sites for hydroxylation is 1. The van der Waals surface area contributed by atoms with Crippen LogP contribution in [0.3, 0.4) is 0 Å². The summed E-state index contributed by atoms with van der Waals surface area (Å²) in [4.78, 5) is 10.4. The zero-order valence-corrected chi connectivity index (χ0v) is 11.3. The van der Waals surface area contributed by atoms with Crippen molar-refractivity contribution in [3.8, 4) is 11.8 Å². The molecule has 1 heterocycles. The molecule has 1 rings (SSSR count). The van der Waals surface area contributed by atoms with Crippen LogP contribution in [0.25, 0.3) is 0 Å². The van der Waals surface area contributed by atoms with Crippen LogP contribution in [0.1, 0.15) is 18.3 Å². The van der Waals surface area contributed by atoms with Gasteiger partial charge in [0.1, 0.15) is 11.4 Å². The first-order chi connectivity index (χ1) is 8.97. The van der Waals surface area contributed by atoms with Gasteiger partial charge in [-0.15, -0.1) is 5.92 Å². The molecule has 0 radical (unpaired) electrons. The zero-order chi connectivity index (χ0) is 14.4. The van der Waals surface area contributed by atoms with Gasteiger partial charge >= 0.3 is 5.69 Å². The van der Waals surface area contributed by atoms with Crippen LogP contribution in [0.15, 0.2) is 0 Å². The maximum atomic E-state index is 10.8. The SMILES string of the molecule is CC#CCNCC(O)Cn1nc(C)c([N+](=O)[O-])c1C. The number of hydrogen-bond donors (Lipinski definition) is 2. The molecule has 0 aromatic carbocycles. The summed E-state index contributed by atoms with van der Waals surface area (Å²) in [6, 6.07) is 0. The predicted molar refractivity (Wildman–Crippen MR) is 70.7 cm³/mol. The quantitative estimate of drug-likeness (QED) is 0.336. The second kappa shape index (κ2) is 6.87. The van der Waals surface area contributed by atoms with Crippen molar-refractivity contribution in [2.45, 2.75) is 33.4 Å². The van der Waals surface area contributed by atoms with E-state index < -0.39 is 11.0 Å². The number of aliphatic hydroxyl groups excluding tert-OH is 1. The fourth-order valence-corrected chi connectivity index (χ4v) is 1.78. The van der Waals surface area contributed by atoms with E-state index in [1.165, 1.54) is 4.68 Å². The van der Waals surface area contributed by atoms with Crippen molar-refractivity contribution in [2.24, 2.45) is 0 Å². The number of rotatable bonds is 6. The van der Waals surface area contributed by atoms with Crippen LogP contribution in [0.4, 0.5) is 5.69 Å². The van der Waals surface area contributed by atoms with Crippen molar-refractivity contribution in [3.63, 3.8) is 0 Å². The molecule has 1 unspecified atom stereocenters. The van der Waals surface area contributed by atoms with Crippen LogP contribution < -0.4 is 5.32 Å². The summed E-state index contributed by atoms with van der Waals surface area (Å²) >= 11 is 0. The highest BCUT2D eigenvalue weighted by Gasteiger charge is 2.22. The van der Waals surface area contributed by atoms with Gasteiger partial charge in [0.15, 0.2) is 0 Å². The molecule has 19 heavy (non-hydrogen) atoms. The van der Waals surface area contributed by atoms with Gasteiger partial charge in [-0.2, -0.15) is 5.10 Å². The Morgan fingerprint density at radius 1 is 1.58 bits per heavy atom. The van der Waals surface area contributed by atoms with Gasteiger partial charge in [0.05, 0.1) is 24.1 Å². The molecule has 0 saturated carbocycles. The van der Waals surface area contributed by atoms with Crippen LogP contribution >= 0.6 is 0 Å². The Balaban J connectivity index is 2.64. The molecule has 0 aliphatic heterocycles. The highest BCUT2D eigenvalue weighted by atomic mass is 16.6. The highest BCUT2D eigenvalue weighted by Crippen LogP contribution is 2.21. The minimum Gasteiger partial charge on any atom is -0.390 e. The van der Waals surface area contributed by atoms with E-state index in [-0.39, 0.29) is 12.2 Å². The van der Waals surface area contributed by atoms with E-state index in [0.717, 1.165) is 0 Å². The Bertz CT molecular complexity index is 513. The van der Waals surface area contributed by atoms with Gasteiger partial charge in [-0.05, 0) is 20.8 Å². The number of aliphatic hydroxyl groups is 1. The van der Waals surface area contributed by atoms with Gasteiger partial charge in [0, 0.05) is 6.54 Å². The average molecular weight is 266 g/mol. The molecule has 0 amide bonds. The molecule has 0 aliphatic rings. The Morgan fingerprint density at radius 2 is 2.26 bits per heavy atom. The van der Waals surface area contributed by atoms with Crippen LogP contribution in [-0.4, -0.2) is 39.0 Å². The fourth-order valence-electron chi connectivity index (χ4n) is 1.78. The molecule has 7 heteroatoms. The third kappa shape index (κ3) is 4.05. The summed E-state index contributed by atoms with van der Waals surface area (Å²) in [6.45, 7) is 6.04. The number of nitrogens with zero attached hydrogens (tertiary/aromatic N) is 3. The van der Waals surface area contributed by atoms with Crippen molar-refractivity contribution in [3.05, 3.63) is 21.5 Å². The Kier molecular flexibility index (Phi) is 5.48. The molecule has 2 N–H and O–H groups in total. The largest absolute Gasteiger partial charge is 0.390 e. The Morgan fingerprint density at radius 3 is 2.79 bits per heavy atom. The third-order valence-electron chi connectivity index (χ3n) is 2.68. The van der Waals surface area contributed by atoms with Crippen LogP contribution in [-0.2, 0) is 6.54 Å². The number of nitro groups is 1. The molecule has 1 atom stereocenters. The lowest BCUT2D eigenvalue weighted by Crippen LogP contribution is -2.31. The molecule has 7 nitrogen and oxygen atoms in total. The van der Waals surface area contributed by atoms with Crippen LogP contribution in [0.5, 0.6) is 0 Å². The van der Waals surface area contributed by atoms with Gasteiger partial charge < -0.3 is 10.4 Å². The van der Waals surface area contributed by atoms with E-state index >= 15 is 0 Å². The van der Waals surface area contributed by atoms with Gasteiger partial charge in [0.25, 0.3) is 0 Å². The fraction of sp³-hybridized carbons (Fsp3) is 0.583. The standard InChI is InChI=1S/C12H18N4O3/c1-4-5-6-13-7-11(17)8-15-10(3)12(16(18)19)9(2)14-15/h11,13,17H,6-8H2,1-3H3. The maximum absolute atomic E-state index is 10.8. The second-order valence-electron chi connectivity index (χ2n) is 4.17. The molecule has 0 fully saturated rings. The minimum atomic E-state index is -0.670. The van der Waals surface area contributed by atoms with Crippen molar-refractivity contribution < 1.29 is 10.0 Å². The molecular weight excluding hydrogens is 248 g/mol. The molecular formula is C12H18N4O3. The van der Waals surface area contributed by atoms with Crippen LogP contribution in [0.2, 0.25) is 0 Å². The topological polar surface area (TPSA) is 93.2 Å². The molecule has 104 valence electrons. The summed E-state index contributed by atoms with van der Waals surface area (Å²) in [6.07, 6.45) is -0.670. The lowest BCUT2D eigenvalue weighted by molar-refractivity contribution is -0.386. The average Bonchev–Trinajstić information content (AvgIpc) is 2.60. The Labute approximate surface area is 111 Å². The van der Waals surface area contributed by atoms with E-state index in [1.54, 1.807) is 20.8 Å². The molecule has 0 bridgehead atoms. The predicted octanol–water partition coefficient (Wildman–Crippen LogP) is 0.382. The monoisotopic (exact) mass is 266 g/mol. The van der Waals surface area contributed by atoms with Gasteiger partial charge in [0.2, 0.25) is 0 Å². The summed E-state index contributed by atoms with van der Waals surface area (Å²) in [5.41, 5.74) is 0.825. The number of hydrogen-bond acceptors (Lipinski definition) is 5. The first kappa shape index (κ1) is 15.1. The lowest BCUT2D eigenvalue weighted by Gasteiger charge is -2.11. The van der Waals surface area contributed by atoms with Gasteiger partial charge in [-0.3, -0.25) is 14.8 Å². The maximum Gasteiger partial charge on any atom is 0.312 e. The third-order valence-corrected chi connectivity index (χ3v) is 2.68. The van der Waals surface area contributed by atoms with Crippen molar-refractivity contribution >= 4 is 5.69 Å². The highest BCUT2D eigenvalue weighted by molar-refractivity contribution is 5.39. The molecule has 1 aromatic rings. The van der Waals surface area contributed by atoms with E-state index in [9.17, 15) is 15.2 Å². The van der Waals surface area contributed by atoms with Crippen molar-refractivity contribution in [1.82, 2.24) is 15.1 Å². The molecule has 0 saturated heterocycles. The molecule has 0 aliphatic carbocycles.